The number of benzene rings is 1. The van der Waals surface area contributed by atoms with Crippen LogP contribution in [0, 0.1) is 46.2 Å². The molecule has 0 spiro atoms. The first-order valence-corrected chi connectivity index (χ1v) is 15.7. The summed E-state index contributed by atoms with van der Waals surface area (Å²) >= 11 is 0. The molecule has 6 atom stereocenters. The van der Waals surface area contributed by atoms with E-state index in [9.17, 15) is 28.8 Å². The predicted molar refractivity (Wildman–Crippen MR) is 155 cm³/mol. The topological polar surface area (TPSA) is 150 Å². The van der Waals surface area contributed by atoms with Gasteiger partial charge in [0, 0.05) is 38.7 Å². The fraction of sp³-hybridized carbons (Fsp3) is 0.656. The third-order valence-corrected chi connectivity index (χ3v) is 10.2. The highest BCUT2D eigenvalue weighted by atomic mass is 19.1. The molecule has 0 aromatic heterocycles. The van der Waals surface area contributed by atoms with Gasteiger partial charge in [-0.3, -0.25) is 19.2 Å². The lowest BCUT2D eigenvalue weighted by Crippen LogP contribution is -2.57. The molecule has 3 aliphatic heterocycles. The Balaban J connectivity index is 1.13. The average Bonchev–Trinajstić information content (AvgIpc) is 3.84. The molecule has 1 aromatic carbocycles. The number of carbonyl (C=O) groups excluding carboxylic acids is 4. The van der Waals surface area contributed by atoms with E-state index in [-0.39, 0.29) is 47.2 Å². The molecular weight excluding hydrogens is 569 g/mol. The molecule has 3 heterocycles. The van der Waals surface area contributed by atoms with Crippen LogP contribution in [0.4, 0.5) is 10.1 Å². The van der Waals surface area contributed by atoms with Gasteiger partial charge in [-0.25, -0.2) is 4.39 Å². The van der Waals surface area contributed by atoms with Crippen molar-refractivity contribution in [3.8, 4) is 11.8 Å². The van der Waals surface area contributed by atoms with Crippen LogP contribution < -0.4 is 20.7 Å². The first-order valence-electron chi connectivity index (χ1n) is 15.7. The highest BCUT2D eigenvalue weighted by molar-refractivity contribution is 5.98. The molecule has 2 saturated carbocycles. The smallest absolute Gasteiger partial charge is 0.265 e. The normalized spacial score (nSPS) is 28.3. The van der Waals surface area contributed by atoms with Crippen molar-refractivity contribution in [2.75, 3.05) is 25.1 Å². The molecule has 6 rings (SSSR count). The molecule has 12 heteroatoms. The molecule has 1 aromatic rings. The summed E-state index contributed by atoms with van der Waals surface area (Å²) in [6, 6.07) is 3.19. The van der Waals surface area contributed by atoms with Gasteiger partial charge in [0.15, 0.2) is 6.10 Å². The van der Waals surface area contributed by atoms with Crippen molar-refractivity contribution in [2.24, 2.45) is 29.1 Å². The molecule has 2 saturated heterocycles. The number of anilines is 1. The summed E-state index contributed by atoms with van der Waals surface area (Å²) in [6.45, 7) is 5.82. The van der Waals surface area contributed by atoms with E-state index in [0.717, 1.165) is 31.7 Å². The molecule has 236 valence electrons. The Morgan fingerprint density at radius 3 is 2.59 bits per heavy atom. The van der Waals surface area contributed by atoms with E-state index in [4.69, 9.17) is 9.47 Å². The van der Waals surface area contributed by atoms with Crippen molar-refractivity contribution in [1.82, 2.24) is 15.5 Å². The van der Waals surface area contributed by atoms with Gasteiger partial charge in [0.1, 0.15) is 29.7 Å². The second kappa shape index (κ2) is 12.0. The van der Waals surface area contributed by atoms with Crippen molar-refractivity contribution in [3.63, 3.8) is 0 Å². The zero-order valence-electron chi connectivity index (χ0n) is 25.1. The van der Waals surface area contributed by atoms with Gasteiger partial charge in [-0.05, 0) is 60.5 Å². The van der Waals surface area contributed by atoms with Crippen LogP contribution in [-0.2, 0) is 23.9 Å². The van der Waals surface area contributed by atoms with Gasteiger partial charge in [-0.2, -0.15) is 5.26 Å². The maximum atomic E-state index is 14.0. The Kier molecular flexibility index (Phi) is 8.26. The van der Waals surface area contributed by atoms with Crippen LogP contribution in [0.1, 0.15) is 58.8 Å². The molecule has 11 nitrogen and oxygen atoms in total. The van der Waals surface area contributed by atoms with Crippen LogP contribution in [0.2, 0.25) is 0 Å². The Morgan fingerprint density at radius 2 is 1.89 bits per heavy atom. The number of amides is 4. The molecule has 3 N–H and O–H groups in total. The van der Waals surface area contributed by atoms with E-state index >= 15 is 0 Å². The number of halogens is 1. The quantitative estimate of drug-likeness (QED) is 0.369. The van der Waals surface area contributed by atoms with Crippen LogP contribution >= 0.6 is 0 Å². The molecule has 4 fully saturated rings. The lowest BCUT2D eigenvalue weighted by Gasteiger charge is -2.34. The number of nitrogens with one attached hydrogen (secondary N) is 3. The second-order valence-electron chi connectivity index (χ2n) is 13.6. The van der Waals surface area contributed by atoms with E-state index < -0.39 is 41.9 Å². The van der Waals surface area contributed by atoms with Crippen LogP contribution in [-0.4, -0.2) is 72.5 Å². The third kappa shape index (κ3) is 6.25. The monoisotopic (exact) mass is 609 g/mol. The fourth-order valence-corrected chi connectivity index (χ4v) is 7.27. The van der Waals surface area contributed by atoms with Crippen molar-refractivity contribution < 1.29 is 33.0 Å². The van der Waals surface area contributed by atoms with Gasteiger partial charge in [-0.15, -0.1) is 0 Å². The Morgan fingerprint density at radius 1 is 1.14 bits per heavy atom. The number of ether oxygens (including phenoxy) is 2. The summed E-state index contributed by atoms with van der Waals surface area (Å²) in [4.78, 5) is 55.1. The molecule has 44 heavy (non-hydrogen) atoms. The minimum absolute atomic E-state index is 0.0885. The number of hydrogen-bond acceptors (Lipinski definition) is 7. The number of fused-ring (bicyclic) bond motifs is 2. The first kappa shape index (κ1) is 30.3. The van der Waals surface area contributed by atoms with Crippen molar-refractivity contribution in [1.29, 1.82) is 5.26 Å². The number of nitrogens with zero attached hydrogens (tertiary/aromatic N) is 2. The maximum absolute atomic E-state index is 14.0. The number of nitriles is 1. The number of piperidine rings is 1. The van der Waals surface area contributed by atoms with Gasteiger partial charge >= 0.3 is 0 Å². The van der Waals surface area contributed by atoms with Gasteiger partial charge in [0.2, 0.25) is 17.7 Å². The Labute approximate surface area is 256 Å². The molecule has 0 radical (unpaired) electrons. The van der Waals surface area contributed by atoms with E-state index in [1.165, 1.54) is 12.1 Å². The molecule has 2 aliphatic carbocycles. The molecule has 0 bridgehead atoms. The second-order valence-corrected chi connectivity index (χ2v) is 13.6. The SMILES string of the molecule is CC1(C)[C@@H]2[C@@H](C(=O)N[C@H](C#N)C[C@@H]3Oc4cc(F)ccc4NC3=O)N(C(=O)[C@H](CC3CC3)NC(=O)CC3CCOCC3)C[C@@H]21. The first-order chi connectivity index (χ1) is 21.0. The Bertz CT molecular complexity index is 1370. The largest absolute Gasteiger partial charge is 0.478 e. The van der Waals surface area contributed by atoms with E-state index in [0.29, 0.717) is 44.2 Å². The van der Waals surface area contributed by atoms with Crippen LogP contribution in [0.3, 0.4) is 0 Å². The van der Waals surface area contributed by atoms with E-state index in [1.54, 1.807) is 4.90 Å². The highest BCUT2D eigenvalue weighted by Crippen LogP contribution is 2.65. The predicted octanol–water partition coefficient (Wildman–Crippen LogP) is 2.51. The van der Waals surface area contributed by atoms with E-state index in [2.05, 4.69) is 29.8 Å². The summed E-state index contributed by atoms with van der Waals surface area (Å²) in [5, 5.41) is 18.3. The number of likely N-dealkylation sites (tertiary alicyclic amines) is 1. The standard InChI is InChI=1S/C32H40FN5O6/c1-32(2)21-16-38(31(42)23(11-17-3-4-17)36-26(39)12-18-7-9-43-10-8-18)28(27(21)32)30(41)35-20(15-34)14-25-29(40)37-22-6-5-19(33)13-24(22)44-25/h5-6,13,17-18,20-21,23,25,27-28H,3-4,7-12,14,16H2,1-2H3,(H,35,41)(H,36,39)(H,37,40)/t20-,21-,23-,25-,27-,28-/m0/s1. The Hall–Kier alpha value is -3.72. The van der Waals surface area contributed by atoms with Gasteiger partial charge in [-0.1, -0.05) is 26.7 Å². The maximum Gasteiger partial charge on any atom is 0.265 e. The average molecular weight is 610 g/mol. The lowest BCUT2D eigenvalue weighted by molar-refractivity contribution is -0.143. The number of carbonyl (C=O) groups is 4. The molecule has 4 amide bonds. The summed E-state index contributed by atoms with van der Waals surface area (Å²) < 4.78 is 24.8. The molecular formula is C32H40FN5O6. The van der Waals surface area contributed by atoms with Gasteiger partial charge in [0.05, 0.1) is 11.8 Å². The summed E-state index contributed by atoms with van der Waals surface area (Å²) in [7, 11) is 0. The number of rotatable bonds is 10. The van der Waals surface area contributed by atoms with Crippen LogP contribution in [0.25, 0.3) is 0 Å². The third-order valence-electron chi connectivity index (χ3n) is 10.2. The van der Waals surface area contributed by atoms with Crippen molar-refractivity contribution in [2.45, 2.75) is 83.0 Å². The number of hydrogen-bond donors (Lipinski definition) is 3. The van der Waals surface area contributed by atoms with Gasteiger partial charge < -0.3 is 30.3 Å². The summed E-state index contributed by atoms with van der Waals surface area (Å²) in [5.41, 5.74) is 0.173. The minimum atomic E-state index is -1.12. The summed E-state index contributed by atoms with van der Waals surface area (Å²) in [5.74, 6) is -1.13. The van der Waals surface area contributed by atoms with Crippen LogP contribution in [0.15, 0.2) is 18.2 Å². The van der Waals surface area contributed by atoms with Gasteiger partial charge in [0.25, 0.3) is 5.91 Å². The highest BCUT2D eigenvalue weighted by Gasteiger charge is 2.69. The minimum Gasteiger partial charge on any atom is -0.478 e. The van der Waals surface area contributed by atoms with Crippen molar-refractivity contribution >= 4 is 29.3 Å². The zero-order chi connectivity index (χ0) is 31.2. The fourth-order valence-electron chi connectivity index (χ4n) is 7.27. The zero-order valence-corrected chi connectivity index (χ0v) is 25.1. The lowest BCUT2D eigenvalue weighted by atomic mass is 9.95. The summed E-state index contributed by atoms with van der Waals surface area (Å²) in [6.07, 6.45) is 3.27. The van der Waals surface area contributed by atoms with E-state index in [1.807, 2.05) is 6.07 Å². The van der Waals surface area contributed by atoms with Crippen LogP contribution in [0.5, 0.6) is 5.75 Å². The van der Waals surface area contributed by atoms with Crippen molar-refractivity contribution in [3.05, 3.63) is 24.0 Å². The molecule has 0 unspecified atom stereocenters. The molecule has 5 aliphatic rings.